The van der Waals surface area contributed by atoms with E-state index in [9.17, 15) is 9.90 Å². The van der Waals surface area contributed by atoms with E-state index >= 15 is 0 Å². The summed E-state index contributed by atoms with van der Waals surface area (Å²) in [5.41, 5.74) is 2.30. The third-order valence-electron chi connectivity index (χ3n) is 4.55. The van der Waals surface area contributed by atoms with Gasteiger partial charge in [0.2, 0.25) is 0 Å². The lowest BCUT2D eigenvalue weighted by Crippen LogP contribution is -2.47. The molecule has 0 aromatic heterocycles. The lowest BCUT2D eigenvalue weighted by atomic mass is 10.0. The Morgan fingerprint density at radius 1 is 1.29 bits per heavy atom. The first-order valence-corrected chi connectivity index (χ1v) is 8.12. The van der Waals surface area contributed by atoms with E-state index in [-0.39, 0.29) is 23.9 Å². The van der Waals surface area contributed by atoms with Gasteiger partial charge in [-0.1, -0.05) is 25.1 Å². The lowest BCUT2D eigenvalue weighted by molar-refractivity contribution is 0.0593. The number of anilines is 1. The molecule has 1 amide bonds. The van der Waals surface area contributed by atoms with Gasteiger partial charge < -0.3 is 20.1 Å². The van der Waals surface area contributed by atoms with Gasteiger partial charge in [0.05, 0.1) is 12.7 Å². The number of rotatable bonds is 4. The fourth-order valence-corrected chi connectivity index (χ4v) is 3.04. The molecule has 0 saturated carbocycles. The number of phenolic OH excluding ortho intramolecular Hbond substituents is 1. The van der Waals surface area contributed by atoms with Gasteiger partial charge >= 0.3 is 0 Å². The van der Waals surface area contributed by atoms with Crippen LogP contribution in [0.25, 0.3) is 0 Å². The number of ether oxygens (including phenoxy) is 1. The van der Waals surface area contributed by atoms with Gasteiger partial charge in [-0.05, 0) is 43.2 Å². The molecule has 0 unspecified atom stereocenters. The number of carbonyl (C=O) groups excluding carboxylic acids is 1. The molecule has 2 N–H and O–H groups in total. The third kappa shape index (κ3) is 2.66. The molecule has 2 aromatic carbocycles. The van der Waals surface area contributed by atoms with Crippen LogP contribution >= 0.6 is 0 Å². The van der Waals surface area contributed by atoms with Gasteiger partial charge in [-0.2, -0.15) is 0 Å². The first-order chi connectivity index (χ1) is 11.6. The molecule has 126 valence electrons. The Morgan fingerprint density at radius 3 is 2.71 bits per heavy atom. The number of phenols is 1. The van der Waals surface area contributed by atoms with Crippen molar-refractivity contribution in [2.75, 3.05) is 12.4 Å². The maximum Gasteiger partial charge on any atom is 0.258 e. The Balaban J connectivity index is 2.07. The quantitative estimate of drug-likeness (QED) is 0.898. The molecule has 1 heterocycles. The SMILES string of the molecule is CC[C@@H](C)N1C(=O)c2ccccc2N[C@@H]1c1ccc(OC)c(O)c1. The van der Waals surface area contributed by atoms with E-state index in [1.807, 2.05) is 42.2 Å². The van der Waals surface area contributed by atoms with Gasteiger partial charge in [0.25, 0.3) is 5.91 Å². The molecule has 5 heteroatoms. The fourth-order valence-electron chi connectivity index (χ4n) is 3.04. The van der Waals surface area contributed by atoms with Crippen molar-refractivity contribution >= 4 is 11.6 Å². The number of benzene rings is 2. The van der Waals surface area contributed by atoms with Crippen molar-refractivity contribution in [2.24, 2.45) is 0 Å². The van der Waals surface area contributed by atoms with Gasteiger partial charge in [0.15, 0.2) is 11.5 Å². The van der Waals surface area contributed by atoms with Gasteiger partial charge in [0, 0.05) is 11.7 Å². The van der Waals surface area contributed by atoms with E-state index in [4.69, 9.17) is 4.74 Å². The van der Waals surface area contributed by atoms with Crippen LogP contribution in [0.5, 0.6) is 11.5 Å². The molecule has 0 saturated heterocycles. The molecule has 5 nitrogen and oxygen atoms in total. The van der Waals surface area contributed by atoms with E-state index < -0.39 is 0 Å². The van der Waals surface area contributed by atoms with Crippen LogP contribution in [0.15, 0.2) is 42.5 Å². The molecular formula is C19H22N2O3. The van der Waals surface area contributed by atoms with Gasteiger partial charge in [-0.25, -0.2) is 0 Å². The standard InChI is InChI=1S/C19H22N2O3/c1-4-12(2)21-18(13-9-10-17(24-3)16(22)11-13)20-15-8-6-5-7-14(15)19(21)23/h5-12,18,20,22H,4H2,1-3H3/t12-,18+/m1/s1. The molecule has 0 bridgehead atoms. The van der Waals surface area contributed by atoms with Gasteiger partial charge in [0.1, 0.15) is 6.17 Å². The van der Waals surface area contributed by atoms with Crippen LogP contribution in [0.4, 0.5) is 5.69 Å². The minimum atomic E-state index is -0.334. The molecule has 1 aliphatic heterocycles. The molecule has 0 radical (unpaired) electrons. The molecule has 0 spiro atoms. The highest BCUT2D eigenvalue weighted by atomic mass is 16.5. The number of amides is 1. The summed E-state index contributed by atoms with van der Waals surface area (Å²) in [5.74, 6) is 0.475. The van der Waals surface area contributed by atoms with Crippen LogP contribution in [-0.2, 0) is 0 Å². The first-order valence-electron chi connectivity index (χ1n) is 8.12. The van der Waals surface area contributed by atoms with Crippen LogP contribution in [0.2, 0.25) is 0 Å². The lowest BCUT2D eigenvalue weighted by Gasteiger charge is -2.41. The van der Waals surface area contributed by atoms with E-state index in [2.05, 4.69) is 12.2 Å². The van der Waals surface area contributed by atoms with Gasteiger partial charge in [-0.3, -0.25) is 4.79 Å². The first kappa shape index (κ1) is 16.2. The maximum absolute atomic E-state index is 13.0. The van der Waals surface area contributed by atoms with Crippen LogP contribution in [0, 0.1) is 0 Å². The smallest absolute Gasteiger partial charge is 0.258 e. The molecular weight excluding hydrogens is 304 g/mol. The van der Waals surface area contributed by atoms with Crippen LogP contribution in [0.1, 0.15) is 42.4 Å². The zero-order valence-corrected chi connectivity index (χ0v) is 14.1. The Kier molecular flexibility index (Phi) is 4.34. The topological polar surface area (TPSA) is 61.8 Å². The number of aromatic hydroxyl groups is 1. The summed E-state index contributed by atoms with van der Waals surface area (Å²) in [4.78, 5) is 14.8. The highest BCUT2D eigenvalue weighted by molar-refractivity contribution is 6.01. The van der Waals surface area contributed by atoms with Crippen molar-refractivity contribution in [1.29, 1.82) is 0 Å². The Labute approximate surface area is 141 Å². The zero-order chi connectivity index (χ0) is 17.3. The summed E-state index contributed by atoms with van der Waals surface area (Å²) in [6.45, 7) is 4.09. The molecule has 0 fully saturated rings. The van der Waals surface area contributed by atoms with Crippen molar-refractivity contribution in [2.45, 2.75) is 32.5 Å². The number of methoxy groups -OCH3 is 1. The Hall–Kier alpha value is -2.69. The molecule has 3 rings (SSSR count). The average Bonchev–Trinajstić information content (AvgIpc) is 2.61. The van der Waals surface area contributed by atoms with Crippen LogP contribution in [-0.4, -0.2) is 29.1 Å². The summed E-state index contributed by atoms with van der Waals surface area (Å²) in [5, 5.41) is 13.5. The second-order valence-corrected chi connectivity index (χ2v) is 5.99. The summed E-state index contributed by atoms with van der Waals surface area (Å²) in [6, 6.07) is 12.8. The number of hydrogen-bond acceptors (Lipinski definition) is 4. The second kappa shape index (κ2) is 6.43. The number of para-hydroxylation sites is 1. The van der Waals surface area contributed by atoms with Crippen molar-refractivity contribution in [1.82, 2.24) is 4.90 Å². The summed E-state index contributed by atoms with van der Waals surface area (Å²) >= 11 is 0. The van der Waals surface area contributed by atoms with Crippen molar-refractivity contribution < 1.29 is 14.6 Å². The van der Waals surface area contributed by atoms with Crippen molar-refractivity contribution in [3.05, 3.63) is 53.6 Å². The second-order valence-electron chi connectivity index (χ2n) is 5.99. The van der Waals surface area contributed by atoms with Crippen LogP contribution < -0.4 is 10.1 Å². The van der Waals surface area contributed by atoms with E-state index in [1.165, 1.54) is 7.11 Å². The molecule has 1 aliphatic rings. The highest BCUT2D eigenvalue weighted by Crippen LogP contribution is 2.37. The zero-order valence-electron chi connectivity index (χ0n) is 14.1. The monoisotopic (exact) mass is 326 g/mol. The van der Waals surface area contributed by atoms with Gasteiger partial charge in [-0.15, -0.1) is 0 Å². The summed E-state index contributed by atoms with van der Waals surface area (Å²) in [7, 11) is 1.51. The van der Waals surface area contributed by atoms with Crippen LogP contribution in [0.3, 0.4) is 0 Å². The minimum absolute atomic E-state index is 0.000919. The Bertz CT molecular complexity index is 760. The van der Waals surface area contributed by atoms with E-state index in [0.717, 1.165) is 17.7 Å². The number of nitrogens with zero attached hydrogens (tertiary/aromatic N) is 1. The predicted molar refractivity (Wildman–Crippen MR) is 93.4 cm³/mol. The number of hydrogen-bond donors (Lipinski definition) is 2. The molecule has 24 heavy (non-hydrogen) atoms. The van der Waals surface area contributed by atoms with E-state index in [0.29, 0.717) is 11.3 Å². The summed E-state index contributed by atoms with van der Waals surface area (Å²) in [6.07, 6.45) is 0.507. The maximum atomic E-state index is 13.0. The number of nitrogens with one attached hydrogen (secondary N) is 1. The number of carbonyl (C=O) groups is 1. The normalized spacial score (nSPS) is 17.9. The largest absolute Gasteiger partial charge is 0.504 e. The van der Waals surface area contributed by atoms with Crippen molar-refractivity contribution in [3.63, 3.8) is 0 Å². The highest BCUT2D eigenvalue weighted by Gasteiger charge is 2.35. The van der Waals surface area contributed by atoms with E-state index in [1.54, 1.807) is 12.1 Å². The molecule has 0 aliphatic carbocycles. The Morgan fingerprint density at radius 2 is 2.04 bits per heavy atom. The number of fused-ring (bicyclic) bond motifs is 1. The predicted octanol–water partition coefficient (Wildman–Crippen LogP) is 3.77. The average molecular weight is 326 g/mol. The molecule has 2 aromatic rings. The van der Waals surface area contributed by atoms with Crippen molar-refractivity contribution in [3.8, 4) is 11.5 Å². The third-order valence-corrected chi connectivity index (χ3v) is 4.55. The fraction of sp³-hybridized carbons (Fsp3) is 0.316. The molecule has 2 atom stereocenters. The summed E-state index contributed by atoms with van der Waals surface area (Å²) < 4.78 is 5.11. The minimum Gasteiger partial charge on any atom is -0.504 e.